The molecule has 0 radical (unpaired) electrons. The van der Waals surface area contributed by atoms with Crippen molar-refractivity contribution >= 4 is 42.5 Å². The number of ether oxygens (including phenoxy) is 9. The van der Waals surface area contributed by atoms with Gasteiger partial charge in [-0.3, -0.25) is 4.79 Å². The Morgan fingerprint density at radius 3 is 1.06 bits per heavy atom. The number of Topliss-reactive ketones (excluding diaryl/α,β-unsaturated/α-hetero) is 1. The van der Waals surface area contributed by atoms with Gasteiger partial charge < -0.3 is 42.6 Å². The molecule has 0 aromatic heterocycles. The SMILES string of the molecule is C=C1CC[C@]2(CO2)[C@@H]([C@@]2(C)O[C@@H]2C/C=C/CCCC)[C@@H]1OC.C=C1CC[C@]2(CO2)[C@@H]([C@@]2(C)O[C@@H]2C/C=C/CCCC)[C@@H]1OC.CCCC/C=C/C[C@H]1O[C@]1(C)[C@H]1[C@H](OC)C(=O)CC[C@]12CO2.CP(Br)(c1ccccc1)(c1ccccc1)c1ccccc1. The van der Waals surface area contributed by atoms with Gasteiger partial charge in [-0.15, -0.1) is 0 Å². The summed E-state index contributed by atoms with van der Waals surface area (Å²) in [5, 5.41) is 1.48. The Balaban J connectivity index is 0.000000138. The van der Waals surface area contributed by atoms with Gasteiger partial charge in [0.25, 0.3) is 0 Å². The number of rotatable bonds is 24. The molecule has 3 aliphatic carbocycles. The van der Waals surface area contributed by atoms with Crippen LogP contribution in [0.5, 0.6) is 0 Å². The summed E-state index contributed by atoms with van der Waals surface area (Å²) in [6, 6.07) is 32.3. The Hall–Kier alpha value is -3.42. The average Bonchev–Trinajstić information content (AvgIpc) is 1.63. The van der Waals surface area contributed by atoms with E-state index >= 15 is 0 Å². The van der Waals surface area contributed by atoms with E-state index in [0.717, 1.165) is 77.6 Å². The second-order valence-electron chi connectivity index (χ2n) is 27.1. The van der Waals surface area contributed by atoms with E-state index in [9.17, 15) is 4.79 Å². The number of carbonyl (C=O) groups excluding carboxylic acids is 1. The number of unbranched alkanes of at least 4 members (excludes halogenated alkanes) is 6. The summed E-state index contributed by atoms with van der Waals surface area (Å²) >= 11 is 4.24. The van der Waals surface area contributed by atoms with E-state index in [2.05, 4.69) is 204 Å². The molecule has 87 heavy (non-hydrogen) atoms. The zero-order chi connectivity index (χ0) is 62.2. The Labute approximate surface area is 531 Å². The van der Waals surface area contributed by atoms with Crippen LogP contribution in [0.2, 0.25) is 0 Å². The first-order valence-electron chi connectivity index (χ1n) is 33.1. The second-order valence-corrected chi connectivity index (χ2v) is 36.8. The van der Waals surface area contributed by atoms with Gasteiger partial charge in [-0.05, 0) is 103 Å². The van der Waals surface area contributed by atoms with Crippen LogP contribution in [0.15, 0.2) is 152 Å². The predicted octanol–water partition coefficient (Wildman–Crippen LogP) is 15.6. The van der Waals surface area contributed by atoms with Crippen LogP contribution in [0.25, 0.3) is 0 Å². The van der Waals surface area contributed by atoms with E-state index in [4.69, 9.17) is 42.6 Å². The molecule has 6 saturated heterocycles. The van der Waals surface area contributed by atoms with Crippen LogP contribution >= 0.6 is 20.8 Å². The summed E-state index contributed by atoms with van der Waals surface area (Å²) in [4.78, 5) is 12.2. The standard InChI is InChI=1S/C19H18BrP.2C19H30O3.C18H28O4/c1-21(20,17-11-5-2-6-12-17,18-13-7-3-8-14-18)19-15-9-4-10-16-19;2*1-5-6-7-8-9-10-15-18(3,22-15)17-16(20-4)14(2)11-12-19(17)13-21-19;1-4-5-6-7-8-9-14-17(2,22-14)16-15(20-3)13(19)10-11-18(16)12-21-18/h2-16H,1H3;2*8-9,15-17H,2,5-7,10-13H2,1,3-4H3;7-8,14-16H,4-6,9-12H2,1-3H3/b;2*9-8+;8-7+/t;2*15-,16-,17-,18+,19+;14-,15-,16-,17+,18+/m.111/s1. The molecule has 0 unspecified atom stereocenters. The van der Waals surface area contributed by atoms with E-state index in [1.165, 1.54) is 78.4 Å². The Morgan fingerprint density at radius 1 is 0.494 bits per heavy atom. The monoisotopic (exact) mass is 1280 g/mol. The molecule has 9 fully saturated rings. The number of epoxide rings is 6. The van der Waals surface area contributed by atoms with E-state index < -0.39 is 5.31 Å². The number of allylic oxidation sites excluding steroid dienone is 3. The molecular weight excluding hydrogens is 1170 g/mol. The number of methoxy groups -OCH3 is 3. The average molecular weight is 1280 g/mol. The van der Waals surface area contributed by atoms with Crippen LogP contribution in [0.3, 0.4) is 0 Å². The minimum atomic E-state index is -2.56. The van der Waals surface area contributed by atoms with Gasteiger partial charge in [0.05, 0.1) is 68.1 Å². The number of halogens is 1. The van der Waals surface area contributed by atoms with Crippen LogP contribution in [0.1, 0.15) is 157 Å². The fourth-order valence-electron chi connectivity index (χ4n) is 15.3. The molecule has 0 bridgehead atoms. The summed E-state index contributed by atoms with van der Waals surface area (Å²) in [5.74, 6) is 0.781. The molecule has 3 spiro atoms. The molecule has 478 valence electrons. The van der Waals surface area contributed by atoms with Gasteiger partial charge in [-0.25, -0.2) is 0 Å². The molecule has 3 aromatic carbocycles. The van der Waals surface area contributed by atoms with Gasteiger partial charge >= 0.3 is 134 Å². The number of benzene rings is 3. The van der Waals surface area contributed by atoms with Crippen LogP contribution in [-0.4, -0.2) is 124 Å². The minimum absolute atomic E-state index is 0.0166. The first kappa shape index (κ1) is 68.0. The second kappa shape index (κ2) is 28.6. The zero-order valence-electron chi connectivity index (χ0n) is 54.5. The Bertz CT molecular complexity index is 2540. The quantitative estimate of drug-likeness (QED) is 0.0371. The molecule has 0 amide bonds. The van der Waals surface area contributed by atoms with E-state index in [-0.39, 0.29) is 81.6 Å². The van der Waals surface area contributed by atoms with E-state index in [0.29, 0.717) is 18.6 Å². The number of hydrogen-bond donors (Lipinski definition) is 0. The Morgan fingerprint density at radius 2 is 0.782 bits per heavy atom. The molecule has 3 aromatic rings. The number of ketones is 1. The van der Waals surface area contributed by atoms with Gasteiger partial charge in [0, 0.05) is 27.8 Å². The van der Waals surface area contributed by atoms with Crippen molar-refractivity contribution in [3.8, 4) is 0 Å². The van der Waals surface area contributed by atoms with Crippen molar-refractivity contribution in [2.24, 2.45) is 17.8 Å². The van der Waals surface area contributed by atoms with E-state index in [1.54, 1.807) is 21.3 Å². The van der Waals surface area contributed by atoms with Crippen LogP contribution in [-0.2, 0) is 47.4 Å². The maximum atomic E-state index is 12.2. The van der Waals surface area contributed by atoms with Gasteiger partial charge in [0.1, 0.15) is 39.7 Å². The summed E-state index contributed by atoms with van der Waals surface area (Å²) in [5.41, 5.74) is 1.64. The van der Waals surface area contributed by atoms with Crippen molar-refractivity contribution in [2.75, 3.05) is 47.8 Å². The first-order valence-corrected chi connectivity index (χ1v) is 37.8. The molecule has 12 rings (SSSR count). The molecule has 12 heteroatoms. The van der Waals surface area contributed by atoms with Crippen molar-refractivity contribution in [3.63, 3.8) is 0 Å². The Kier molecular flexibility index (Phi) is 22.4. The van der Waals surface area contributed by atoms with Crippen LogP contribution < -0.4 is 15.9 Å². The number of carbonyl (C=O) groups is 1. The van der Waals surface area contributed by atoms with Crippen LogP contribution in [0.4, 0.5) is 0 Å². The molecule has 10 nitrogen and oxygen atoms in total. The van der Waals surface area contributed by atoms with Crippen molar-refractivity contribution < 1.29 is 47.4 Å². The topological polar surface area (TPSA) is 120 Å². The number of hydrogen-bond acceptors (Lipinski definition) is 10. The summed E-state index contributed by atoms with van der Waals surface area (Å²) in [6.07, 6.45) is 33.5. The fourth-order valence-corrected chi connectivity index (χ4v) is 21.0. The summed E-state index contributed by atoms with van der Waals surface area (Å²) < 4.78 is 53.0. The van der Waals surface area contributed by atoms with E-state index in [1.807, 2.05) is 0 Å². The summed E-state index contributed by atoms with van der Waals surface area (Å²) in [7, 11) is 5.20. The van der Waals surface area contributed by atoms with Gasteiger partial charge in [-0.1, -0.05) is 109 Å². The van der Waals surface area contributed by atoms with Gasteiger partial charge in [0.15, 0.2) is 5.78 Å². The molecule has 0 N–H and O–H groups in total. The van der Waals surface area contributed by atoms with Crippen molar-refractivity contribution in [1.82, 2.24) is 0 Å². The van der Waals surface area contributed by atoms with Crippen LogP contribution in [0, 0.1) is 17.8 Å². The van der Waals surface area contributed by atoms with Gasteiger partial charge in [-0.2, -0.15) is 0 Å². The maximum absolute atomic E-state index is 12.2. The predicted molar refractivity (Wildman–Crippen MR) is 360 cm³/mol. The van der Waals surface area contributed by atoms with Crippen molar-refractivity contribution in [1.29, 1.82) is 0 Å². The molecule has 3 saturated carbocycles. The normalized spacial score (nSPS) is 36.6. The molecule has 9 aliphatic rings. The van der Waals surface area contributed by atoms with Crippen molar-refractivity contribution in [3.05, 3.63) is 152 Å². The van der Waals surface area contributed by atoms with Gasteiger partial charge in [0.2, 0.25) is 0 Å². The fraction of sp³-hybridized carbons (Fsp3) is 0.613. The van der Waals surface area contributed by atoms with Crippen molar-refractivity contribution in [2.45, 2.75) is 227 Å². The molecule has 15 atom stereocenters. The molecular formula is C75H106BrO10P. The first-order chi connectivity index (χ1) is 41.8. The zero-order valence-corrected chi connectivity index (χ0v) is 57.0. The third-order valence-electron chi connectivity index (χ3n) is 21.2. The third kappa shape index (κ3) is 14.6. The molecule has 6 heterocycles. The third-order valence-corrected chi connectivity index (χ3v) is 29.5. The molecule has 6 aliphatic heterocycles. The summed E-state index contributed by atoms with van der Waals surface area (Å²) in [6.45, 7) is 26.5.